The van der Waals surface area contributed by atoms with Crippen LogP contribution in [0.4, 0.5) is 4.39 Å². The van der Waals surface area contributed by atoms with Crippen molar-refractivity contribution in [2.75, 3.05) is 11.6 Å². The zero-order chi connectivity index (χ0) is 10.9. The van der Waals surface area contributed by atoms with Crippen LogP contribution in [0, 0.1) is 0 Å². The van der Waals surface area contributed by atoms with Gasteiger partial charge in [0.1, 0.15) is 6.04 Å². The van der Waals surface area contributed by atoms with E-state index < -0.39 is 23.6 Å². The summed E-state index contributed by atoms with van der Waals surface area (Å²) in [6.07, 6.45) is 0. The fraction of sp³-hybridized carbons (Fsp3) is 0.750. The van der Waals surface area contributed by atoms with Gasteiger partial charge < -0.3 is 10.0 Å². The molecular formula is C8H12FNO3S. The van der Waals surface area contributed by atoms with Gasteiger partial charge in [-0.15, -0.1) is 11.8 Å². The highest BCUT2D eigenvalue weighted by Gasteiger charge is 2.41. The molecule has 6 heteroatoms. The molecule has 1 aliphatic heterocycles. The lowest BCUT2D eigenvalue weighted by molar-refractivity contribution is -0.152. The molecule has 1 rings (SSSR count). The summed E-state index contributed by atoms with van der Waals surface area (Å²) in [5.41, 5.74) is -2.00. The molecule has 0 spiro atoms. The fourth-order valence-corrected chi connectivity index (χ4v) is 2.33. The monoisotopic (exact) mass is 221 g/mol. The third-order valence-electron chi connectivity index (χ3n) is 1.94. The van der Waals surface area contributed by atoms with Gasteiger partial charge in [-0.3, -0.25) is 4.79 Å². The maximum atomic E-state index is 13.3. The van der Waals surface area contributed by atoms with Gasteiger partial charge in [-0.1, -0.05) is 0 Å². The maximum absolute atomic E-state index is 13.3. The van der Waals surface area contributed by atoms with Crippen molar-refractivity contribution in [3.8, 4) is 0 Å². The predicted octanol–water partition coefficient (Wildman–Crippen LogP) is 0.721. The summed E-state index contributed by atoms with van der Waals surface area (Å²) < 4.78 is 13.3. The third-order valence-corrected chi connectivity index (χ3v) is 2.95. The van der Waals surface area contributed by atoms with Gasteiger partial charge in [-0.05, 0) is 13.8 Å². The van der Waals surface area contributed by atoms with Crippen molar-refractivity contribution in [3.63, 3.8) is 0 Å². The summed E-state index contributed by atoms with van der Waals surface area (Å²) in [6, 6.07) is -0.887. The summed E-state index contributed by atoms with van der Waals surface area (Å²) in [7, 11) is 0. The van der Waals surface area contributed by atoms with E-state index in [1.165, 1.54) is 11.8 Å². The van der Waals surface area contributed by atoms with Crippen molar-refractivity contribution in [3.05, 3.63) is 0 Å². The average Bonchev–Trinajstić information content (AvgIpc) is 2.48. The lowest BCUT2D eigenvalue weighted by atomic mass is 10.1. The number of thioether (sulfide) groups is 1. The number of carbonyl (C=O) groups is 2. The molecule has 1 heterocycles. The largest absolute Gasteiger partial charge is 0.480 e. The zero-order valence-corrected chi connectivity index (χ0v) is 8.81. The molecule has 1 atom stereocenters. The summed E-state index contributed by atoms with van der Waals surface area (Å²) in [6.45, 7) is 2.27. The Kier molecular flexibility index (Phi) is 3.04. The van der Waals surface area contributed by atoms with Crippen molar-refractivity contribution in [1.29, 1.82) is 0 Å². The molecule has 1 N–H and O–H groups in total. The van der Waals surface area contributed by atoms with Crippen LogP contribution in [-0.4, -0.2) is 45.2 Å². The van der Waals surface area contributed by atoms with Crippen molar-refractivity contribution >= 4 is 23.6 Å². The Labute approximate surface area is 85.5 Å². The molecule has 0 aromatic rings. The molecule has 0 radical (unpaired) electrons. The molecule has 0 aliphatic carbocycles. The molecule has 1 saturated heterocycles. The molecule has 1 aliphatic rings. The smallest absolute Gasteiger partial charge is 0.327 e. The summed E-state index contributed by atoms with van der Waals surface area (Å²) in [4.78, 5) is 23.2. The molecule has 4 nitrogen and oxygen atoms in total. The van der Waals surface area contributed by atoms with Crippen LogP contribution in [-0.2, 0) is 9.59 Å². The van der Waals surface area contributed by atoms with Crippen molar-refractivity contribution in [2.24, 2.45) is 0 Å². The van der Waals surface area contributed by atoms with Crippen LogP contribution in [0.15, 0.2) is 0 Å². The summed E-state index contributed by atoms with van der Waals surface area (Å²) in [5.74, 6) is -1.25. The van der Waals surface area contributed by atoms with E-state index in [1.807, 2.05) is 0 Å². The highest BCUT2D eigenvalue weighted by Crippen LogP contribution is 2.25. The Balaban J connectivity index is 2.77. The first-order valence-corrected chi connectivity index (χ1v) is 5.30. The molecular weight excluding hydrogens is 209 g/mol. The molecule has 0 saturated carbocycles. The molecule has 0 aromatic heterocycles. The van der Waals surface area contributed by atoms with E-state index in [1.54, 1.807) is 0 Å². The number of aliphatic carboxylic acids is 1. The Morgan fingerprint density at radius 3 is 2.57 bits per heavy atom. The number of hydrogen-bond donors (Lipinski definition) is 1. The Bertz CT molecular complexity index is 264. The van der Waals surface area contributed by atoms with Crippen LogP contribution in [0.3, 0.4) is 0 Å². The second-order valence-electron chi connectivity index (χ2n) is 3.60. The van der Waals surface area contributed by atoms with E-state index in [0.29, 0.717) is 5.75 Å². The molecule has 0 unspecified atom stereocenters. The number of hydrogen-bond acceptors (Lipinski definition) is 3. The van der Waals surface area contributed by atoms with Gasteiger partial charge in [0.15, 0.2) is 5.67 Å². The highest BCUT2D eigenvalue weighted by atomic mass is 32.2. The molecule has 14 heavy (non-hydrogen) atoms. The Morgan fingerprint density at radius 1 is 1.57 bits per heavy atom. The maximum Gasteiger partial charge on any atom is 0.327 e. The zero-order valence-electron chi connectivity index (χ0n) is 7.99. The lowest BCUT2D eigenvalue weighted by Crippen LogP contribution is -2.48. The quantitative estimate of drug-likeness (QED) is 0.746. The van der Waals surface area contributed by atoms with Crippen LogP contribution in [0.2, 0.25) is 0 Å². The normalized spacial score (nSPS) is 22.5. The predicted molar refractivity (Wildman–Crippen MR) is 50.8 cm³/mol. The minimum Gasteiger partial charge on any atom is -0.480 e. The summed E-state index contributed by atoms with van der Waals surface area (Å²) in [5, 5.41) is 8.77. The average molecular weight is 221 g/mol. The minimum atomic E-state index is -2.00. The molecule has 1 amide bonds. The van der Waals surface area contributed by atoms with E-state index in [9.17, 15) is 14.0 Å². The van der Waals surface area contributed by atoms with Gasteiger partial charge in [0.05, 0.1) is 5.88 Å². The number of alkyl halides is 1. The molecule has 0 bridgehead atoms. The number of rotatable bonds is 2. The fourth-order valence-electron chi connectivity index (χ4n) is 1.19. The van der Waals surface area contributed by atoms with E-state index in [4.69, 9.17) is 5.11 Å². The molecule has 80 valence electrons. The first kappa shape index (κ1) is 11.3. The highest BCUT2D eigenvalue weighted by molar-refractivity contribution is 7.99. The van der Waals surface area contributed by atoms with Crippen LogP contribution < -0.4 is 0 Å². The third kappa shape index (κ3) is 2.17. The van der Waals surface area contributed by atoms with Crippen molar-refractivity contribution in [2.45, 2.75) is 25.6 Å². The van der Waals surface area contributed by atoms with Crippen LogP contribution in [0.25, 0.3) is 0 Å². The van der Waals surface area contributed by atoms with E-state index in [2.05, 4.69) is 0 Å². The Hall–Kier alpha value is -0.780. The first-order valence-electron chi connectivity index (χ1n) is 4.14. The van der Waals surface area contributed by atoms with Crippen molar-refractivity contribution < 1.29 is 19.1 Å². The first-order chi connectivity index (χ1) is 6.34. The topological polar surface area (TPSA) is 57.6 Å². The van der Waals surface area contributed by atoms with Gasteiger partial charge in [0.25, 0.3) is 5.91 Å². The number of carbonyl (C=O) groups excluding carboxylic acids is 1. The van der Waals surface area contributed by atoms with E-state index >= 15 is 0 Å². The number of amides is 1. The number of carboxylic acids is 1. The second kappa shape index (κ2) is 3.76. The molecule has 0 aromatic carbocycles. The summed E-state index contributed by atoms with van der Waals surface area (Å²) >= 11 is 1.32. The van der Waals surface area contributed by atoms with Gasteiger partial charge >= 0.3 is 5.97 Å². The number of carboxylic acid groups (broad SMARTS) is 1. The SMILES string of the molecule is CC(C)(F)C(=O)N1CSC[C@H]1C(=O)O. The van der Waals surface area contributed by atoms with Crippen LogP contribution in [0.5, 0.6) is 0 Å². The van der Waals surface area contributed by atoms with Gasteiger partial charge in [-0.2, -0.15) is 0 Å². The molecule has 1 fully saturated rings. The Morgan fingerprint density at radius 2 is 2.14 bits per heavy atom. The van der Waals surface area contributed by atoms with Crippen LogP contribution in [0.1, 0.15) is 13.8 Å². The van der Waals surface area contributed by atoms with Gasteiger partial charge in [0, 0.05) is 5.75 Å². The van der Waals surface area contributed by atoms with Gasteiger partial charge in [0.2, 0.25) is 0 Å². The number of nitrogens with zero attached hydrogens (tertiary/aromatic N) is 1. The van der Waals surface area contributed by atoms with Crippen molar-refractivity contribution in [1.82, 2.24) is 4.90 Å². The lowest BCUT2D eigenvalue weighted by Gasteiger charge is -2.25. The number of halogens is 1. The standard InChI is InChI=1S/C8H12FNO3S/c1-8(2,9)7(13)10-4-14-3-5(10)6(11)12/h5H,3-4H2,1-2H3,(H,11,12)/t5-/m0/s1. The van der Waals surface area contributed by atoms with E-state index in [-0.39, 0.29) is 5.88 Å². The minimum absolute atomic E-state index is 0.253. The second-order valence-corrected chi connectivity index (χ2v) is 4.60. The van der Waals surface area contributed by atoms with Gasteiger partial charge in [-0.25, -0.2) is 9.18 Å². The van der Waals surface area contributed by atoms with Crippen LogP contribution >= 0.6 is 11.8 Å². The van der Waals surface area contributed by atoms with E-state index in [0.717, 1.165) is 18.7 Å².